The molecular weight excluding hydrogens is 276 g/mol. The van der Waals surface area contributed by atoms with Crippen LogP contribution in [0.3, 0.4) is 0 Å². The van der Waals surface area contributed by atoms with E-state index in [1.54, 1.807) is 13.1 Å². The number of nitrogens with one attached hydrogen (secondary N) is 1. The van der Waals surface area contributed by atoms with Crippen molar-refractivity contribution in [3.05, 3.63) is 22.8 Å². The minimum Gasteiger partial charge on any atom is -0.373 e. The number of carbonyl (C=O) groups is 1. The van der Waals surface area contributed by atoms with E-state index in [0.717, 1.165) is 25.9 Å². The average molecular weight is 297 g/mol. The van der Waals surface area contributed by atoms with Crippen LogP contribution in [0.4, 0.5) is 5.82 Å². The Morgan fingerprint density at radius 2 is 2.10 bits per heavy atom. The lowest BCUT2D eigenvalue weighted by Crippen LogP contribution is -2.44. The molecule has 6 heteroatoms. The van der Waals surface area contributed by atoms with E-state index in [1.165, 1.54) is 6.20 Å². The average Bonchev–Trinajstić information content (AvgIpc) is 2.47. The van der Waals surface area contributed by atoms with E-state index < -0.39 is 0 Å². The zero-order valence-electron chi connectivity index (χ0n) is 12.2. The van der Waals surface area contributed by atoms with Crippen molar-refractivity contribution >= 4 is 23.3 Å². The lowest BCUT2D eigenvalue weighted by Gasteiger charge is -2.35. The van der Waals surface area contributed by atoms with Crippen molar-refractivity contribution in [2.75, 3.05) is 39.5 Å². The van der Waals surface area contributed by atoms with Crippen LogP contribution in [-0.2, 0) is 0 Å². The fraction of sp³-hybridized carbons (Fsp3) is 0.571. The molecule has 110 valence electrons. The van der Waals surface area contributed by atoms with Crippen LogP contribution >= 0.6 is 11.6 Å². The fourth-order valence-electron chi connectivity index (χ4n) is 2.49. The molecule has 1 aromatic rings. The van der Waals surface area contributed by atoms with Gasteiger partial charge in [-0.3, -0.25) is 4.79 Å². The third-order valence-electron chi connectivity index (χ3n) is 3.82. The van der Waals surface area contributed by atoms with Crippen LogP contribution in [0.15, 0.2) is 12.3 Å². The van der Waals surface area contributed by atoms with Crippen LogP contribution in [0, 0.1) is 0 Å². The smallest absolute Gasteiger partial charge is 0.255 e. The molecule has 1 aromatic heterocycles. The number of hydrogen-bond acceptors (Lipinski definition) is 4. The molecule has 0 aromatic carbocycles. The first-order valence-corrected chi connectivity index (χ1v) is 7.19. The first kappa shape index (κ1) is 15.1. The number of anilines is 1. The van der Waals surface area contributed by atoms with E-state index in [-0.39, 0.29) is 5.91 Å². The lowest BCUT2D eigenvalue weighted by atomic mass is 10.0. The van der Waals surface area contributed by atoms with Crippen molar-refractivity contribution in [3.63, 3.8) is 0 Å². The van der Waals surface area contributed by atoms with E-state index in [4.69, 9.17) is 11.6 Å². The Morgan fingerprint density at radius 1 is 1.45 bits per heavy atom. The van der Waals surface area contributed by atoms with Gasteiger partial charge < -0.3 is 15.1 Å². The van der Waals surface area contributed by atoms with Gasteiger partial charge in [-0.25, -0.2) is 4.98 Å². The molecule has 0 spiro atoms. The fourth-order valence-corrected chi connectivity index (χ4v) is 2.68. The summed E-state index contributed by atoms with van der Waals surface area (Å²) in [4.78, 5) is 20.7. The van der Waals surface area contributed by atoms with Crippen molar-refractivity contribution in [1.82, 2.24) is 14.8 Å². The Kier molecular flexibility index (Phi) is 4.83. The number of halogens is 1. The van der Waals surface area contributed by atoms with Gasteiger partial charge in [0.2, 0.25) is 0 Å². The summed E-state index contributed by atoms with van der Waals surface area (Å²) in [6.45, 7) is 1.55. The molecule has 1 aliphatic heterocycles. The second kappa shape index (κ2) is 6.41. The van der Waals surface area contributed by atoms with Gasteiger partial charge in [0.1, 0.15) is 5.82 Å². The summed E-state index contributed by atoms with van der Waals surface area (Å²) in [7, 11) is 5.94. The largest absolute Gasteiger partial charge is 0.373 e. The van der Waals surface area contributed by atoms with Crippen LogP contribution in [0.25, 0.3) is 0 Å². The zero-order chi connectivity index (χ0) is 14.7. The molecule has 0 saturated carbocycles. The number of pyridine rings is 1. The van der Waals surface area contributed by atoms with Gasteiger partial charge in [-0.1, -0.05) is 11.6 Å². The van der Waals surface area contributed by atoms with Gasteiger partial charge >= 0.3 is 0 Å². The van der Waals surface area contributed by atoms with Gasteiger partial charge in [-0.05, 0) is 33.0 Å². The van der Waals surface area contributed by atoms with Crippen molar-refractivity contribution in [2.24, 2.45) is 0 Å². The summed E-state index contributed by atoms with van der Waals surface area (Å²) in [5.74, 6) is 0.645. The van der Waals surface area contributed by atoms with Gasteiger partial charge in [0.15, 0.2) is 0 Å². The normalized spacial score (nSPS) is 16.6. The van der Waals surface area contributed by atoms with Crippen LogP contribution in [-0.4, -0.2) is 61.0 Å². The summed E-state index contributed by atoms with van der Waals surface area (Å²) in [5, 5.41) is 3.33. The minimum absolute atomic E-state index is 0.00824. The maximum atomic E-state index is 12.5. The van der Waals surface area contributed by atoms with Gasteiger partial charge in [0.25, 0.3) is 5.91 Å². The van der Waals surface area contributed by atoms with Crippen LogP contribution in [0.1, 0.15) is 23.2 Å². The van der Waals surface area contributed by atoms with Gasteiger partial charge in [-0.2, -0.15) is 0 Å². The van der Waals surface area contributed by atoms with Gasteiger partial charge in [-0.15, -0.1) is 0 Å². The van der Waals surface area contributed by atoms with Crippen molar-refractivity contribution in [3.8, 4) is 0 Å². The molecule has 2 heterocycles. The third kappa shape index (κ3) is 3.22. The monoisotopic (exact) mass is 296 g/mol. The molecule has 1 N–H and O–H groups in total. The summed E-state index contributed by atoms with van der Waals surface area (Å²) in [6.07, 6.45) is 3.52. The molecular formula is C14H21ClN4O. The number of amides is 1. The summed E-state index contributed by atoms with van der Waals surface area (Å²) >= 11 is 6.10. The van der Waals surface area contributed by atoms with Gasteiger partial charge in [0.05, 0.1) is 10.6 Å². The molecule has 20 heavy (non-hydrogen) atoms. The highest BCUT2D eigenvalue weighted by Gasteiger charge is 2.26. The topological polar surface area (TPSA) is 48.5 Å². The Balaban J connectivity index is 2.09. The van der Waals surface area contributed by atoms with Crippen molar-refractivity contribution < 1.29 is 4.79 Å². The Hall–Kier alpha value is -1.33. The highest BCUT2D eigenvalue weighted by atomic mass is 35.5. The Bertz CT molecular complexity index is 484. The highest BCUT2D eigenvalue weighted by molar-refractivity contribution is 6.33. The summed E-state index contributed by atoms with van der Waals surface area (Å²) in [5.41, 5.74) is 0.523. The molecule has 1 amide bonds. The molecule has 0 radical (unpaired) electrons. The van der Waals surface area contributed by atoms with E-state index in [0.29, 0.717) is 22.4 Å². The number of aromatic nitrogens is 1. The number of nitrogens with zero attached hydrogens (tertiary/aromatic N) is 3. The molecule has 0 unspecified atom stereocenters. The predicted molar refractivity (Wildman–Crippen MR) is 81.4 cm³/mol. The Labute approximate surface area is 124 Å². The number of hydrogen-bond donors (Lipinski definition) is 1. The van der Waals surface area contributed by atoms with E-state index >= 15 is 0 Å². The van der Waals surface area contributed by atoms with Crippen molar-refractivity contribution in [2.45, 2.75) is 18.9 Å². The molecule has 0 atom stereocenters. The van der Waals surface area contributed by atoms with E-state index in [1.807, 2.05) is 4.90 Å². The number of rotatable bonds is 3. The Morgan fingerprint density at radius 3 is 2.65 bits per heavy atom. The molecule has 1 aliphatic rings. The van der Waals surface area contributed by atoms with E-state index in [9.17, 15) is 4.79 Å². The highest BCUT2D eigenvalue weighted by Crippen LogP contribution is 2.22. The molecule has 1 saturated heterocycles. The molecule has 0 aliphatic carbocycles. The lowest BCUT2D eigenvalue weighted by molar-refractivity contribution is 0.0663. The predicted octanol–water partition coefficient (Wildman–Crippen LogP) is 1.94. The quantitative estimate of drug-likeness (QED) is 0.926. The number of piperidine rings is 1. The molecule has 0 bridgehead atoms. The molecule has 2 rings (SSSR count). The maximum absolute atomic E-state index is 12.5. The SMILES string of the molecule is CNc1cc(C(=O)N2CCC(N(C)C)CC2)c(Cl)cn1. The van der Waals surface area contributed by atoms with Crippen LogP contribution in [0.5, 0.6) is 0 Å². The number of likely N-dealkylation sites (tertiary alicyclic amines) is 1. The first-order chi connectivity index (χ1) is 9.52. The van der Waals surface area contributed by atoms with Gasteiger partial charge in [0, 0.05) is 32.4 Å². The van der Waals surface area contributed by atoms with Crippen molar-refractivity contribution in [1.29, 1.82) is 0 Å². The second-order valence-electron chi connectivity index (χ2n) is 5.29. The standard InChI is InChI=1S/C14H21ClN4O/c1-16-13-8-11(12(15)9-17-13)14(20)19-6-4-10(5-7-19)18(2)3/h8-10H,4-7H2,1-3H3,(H,16,17). The summed E-state index contributed by atoms with van der Waals surface area (Å²) < 4.78 is 0. The molecule has 5 nitrogen and oxygen atoms in total. The summed E-state index contributed by atoms with van der Waals surface area (Å²) in [6, 6.07) is 2.27. The third-order valence-corrected chi connectivity index (χ3v) is 4.13. The first-order valence-electron chi connectivity index (χ1n) is 6.82. The molecule has 1 fully saturated rings. The van der Waals surface area contributed by atoms with Crippen LogP contribution in [0.2, 0.25) is 5.02 Å². The maximum Gasteiger partial charge on any atom is 0.255 e. The van der Waals surface area contributed by atoms with Crippen LogP contribution < -0.4 is 5.32 Å². The second-order valence-corrected chi connectivity index (χ2v) is 5.69. The van der Waals surface area contributed by atoms with E-state index in [2.05, 4.69) is 29.3 Å². The minimum atomic E-state index is -0.00824. The zero-order valence-corrected chi connectivity index (χ0v) is 12.9. The number of carbonyl (C=O) groups excluding carboxylic acids is 1.